The number of carbonyl (C=O) groups excluding carboxylic acids is 1. The van der Waals surface area contributed by atoms with Gasteiger partial charge in [0.1, 0.15) is 0 Å². The minimum absolute atomic E-state index is 0.261. The van der Waals surface area contributed by atoms with Crippen LogP contribution in [-0.2, 0) is 4.79 Å². The third-order valence-corrected chi connectivity index (χ3v) is 6.18. The van der Waals surface area contributed by atoms with Gasteiger partial charge in [0.2, 0.25) is 0 Å². The van der Waals surface area contributed by atoms with E-state index in [0.717, 1.165) is 5.92 Å². The SMILES string of the molecule is C[Si](C)(C)C1=C/C(=C/C2CC2)C(C2CC2)C1=O. The molecule has 1 unspecified atom stereocenters. The molecular weight excluding hydrogens is 224 g/mol. The predicted molar refractivity (Wildman–Crippen MR) is 73.5 cm³/mol. The number of ketones is 1. The van der Waals surface area contributed by atoms with Crippen molar-refractivity contribution in [3.8, 4) is 0 Å². The van der Waals surface area contributed by atoms with Crippen molar-refractivity contribution in [3.05, 3.63) is 22.9 Å². The lowest BCUT2D eigenvalue weighted by Crippen LogP contribution is -2.30. The zero-order valence-electron chi connectivity index (χ0n) is 11.1. The number of rotatable bonds is 3. The monoisotopic (exact) mass is 246 g/mol. The topological polar surface area (TPSA) is 17.1 Å². The molecule has 0 aromatic rings. The number of hydrogen-bond donors (Lipinski definition) is 0. The maximum absolute atomic E-state index is 12.6. The Morgan fingerprint density at radius 2 is 1.82 bits per heavy atom. The minimum Gasteiger partial charge on any atom is -0.294 e. The molecule has 0 amide bonds. The Morgan fingerprint density at radius 1 is 1.18 bits per heavy atom. The summed E-state index contributed by atoms with van der Waals surface area (Å²) in [6, 6.07) is 0. The Kier molecular flexibility index (Phi) is 2.48. The summed E-state index contributed by atoms with van der Waals surface area (Å²) >= 11 is 0. The van der Waals surface area contributed by atoms with Crippen LogP contribution in [0.25, 0.3) is 0 Å². The van der Waals surface area contributed by atoms with E-state index in [-0.39, 0.29) is 5.92 Å². The second kappa shape index (κ2) is 3.68. The molecule has 0 aromatic heterocycles. The summed E-state index contributed by atoms with van der Waals surface area (Å²) in [5.41, 5.74) is 1.39. The molecule has 0 spiro atoms. The summed E-state index contributed by atoms with van der Waals surface area (Å²) in [6.45, 7) is 6.88. The van der Waals surface area contributed by atoms with Crippen molar-refractivity contribution >= 4 is 13.9 Å². The van der Waals surface area contributed by atoms with Crippen LogP contribution >= 0.6 is 0 Å². The quantitative estimate of drug-likeness (QED) is 0.693. The van der Waals surface area contributed by atoms with Crippen molar-refractivity contribution in [1.29, 1.82) is 0 Å². The predicted octanol–water partition coefficient (Wildman–Crippen LogP) is 3.74. The second-order valence-electron chi connectivity index (χ2n) is 6.99. The van der Waals surface area contributed by atoms with E-state index in [2.05, 4.69) is 31.8 Å². The average molecular weight is 246 g/mol. The van der Waals surface area contributed by atoms with Crippen LogP contribution in [0.15, 0.2) is 22.9 Å². The first-order valence-corrected chi connectivity index (χ1v) is 10.4. The van der Waals surface area contributed by atoms with Gasteiger partial charge in [-0.2, -0.15) is 0 Å². The Labute approximate surface area is 105 Å². The molecule has 0 N–H and O–H groups in total. The Bertz CT molecular complexity index is 417. The van der Waals surface area contributed by atoms with Crippen molar-refractivity contribution in [3.63, 3.8) is 0 Å². The highest BCUT2D eigenvalue weighted by molar-refractivity contribution is 6.87. The molecule has 2 fully saturated rings. The van der Waals surface area contributed by atoms with E-state index >= 15 is 0 Å². The molecule has 0 heterocycles. The standard InChI is InChI=1S/C15H22OSi/c1-17(2,3)13-9-12(8-10-4-5-10)14(15(13)16)11-6-7-11/h8-11,14H,4-7H2,1-3H3/b12-8-. The van der Waals surface area contributed by atoms with Crippen LogP contribution in [0.5, 0.6) is 0 Å². The molecule has 1 nitrogen and oxygen atoms in total. The Balaban J connectivity index is 1.93. The smallest absolute Gasteiger partial charge is 0.162 e. The van der Waals surface area contributed by atoms with Crippen molar-refractivity contribution in [2.75, 3.05) is 0 Å². The molecular formula is C15H22OSi. The number of Topliss-reactive ketones (excluding diaryl/α,β-unsaturated/α-hetero) is 1. The lowest BCUT2D eigenvalue weighted by atomic mass is 9.94. The molecule has 0 radical (unpaired) electrons. The average Bonchev–Trinajstić information content (AvgIpc) is 3.06. The maximum Gasteiger partial charge on any atom is 0.162 e. The first-order valence-electron chi connectivity index (χ1n) is 6.95. The Hall–Kier alpha value is -0.633. The summed E-state index contributed by atoms with van der Waals surface area (Å²) < 4.78 is 0. The van der Waals surface area contributed by atoms with Gasteiger partial charge in [0, 0.05) is 5.92 Å². The molecule has 2 saturated carbocycles. The lowest BCUT2D eigenvalue weighted by molar-refractivity contribution is -0.117. The number of allylic oxidation sites excluding steroid dienone is 4. The summed E-state index contributed by atoms with van der Waals surface area (Å²) in [7, 11) is -1.45. The summed E-state index contributed by atoms with van der Waals surface area (Å²) in [4.78, 5) is 12.6. The van der Waals surface area contributed by atoms with Crippen molar-refractivity contribution in [2.24, 2.45) is 17.8 Å². The van der Waals surface area contributed by atoms with Gasteiger partial charge >= 0.3 is 0 Å². The van der Waals surface area contributed by atoms with Gasteiger partial charge in [0.05, 0.1) is 8.07 Å². The van der Waals surface area contributed by atoms with E-state index in [1.807, 2.05) is 0 Å². The summed E-state index contributed by atoms with van der Waals surface area (Å²) in [5.74, 6) is 2.21. The largest absolute Gasteiger partial charge is 0.294 e. The van der Waals surface area contributed by atoms with Gasteiger partial charge in [0.25, 0.3) is 0 Å². The molecule has 3 aliphatic rings. The minimum atomic E-state index is -1.45. The van der Waals surface area contributed by atoms with E-state index in [4.69, 9.17) is 0 Å². The van der Waals surface area contributed by atoms with Gasteiger partial charge in [-0.05, 0) is 48.3 Å². The van der Waals surface area contributed by atoms with Crippen LogP contribution < -0.4 is 0 Å². The van der Waals surface area contributed by atoms with Crippen LogP contribution in [0.1, 0.15) is 25.7 Å². The zero-order valence-corrected chi connectivity index (χ0v) is 12.1. The van der Waals surface area contributed by atoms with Crippen LogP contribution in [0.2, 0.25) is 19.6 Å². The third kappa shape index (κ3) is 2.20. The van der Waals surface area contributed by atoms with Crippen molar-refractivity contribution in [2.45, 2.75) is 45.3 Å². The molecule has 0 saturated heterocycles. The summed E-state index contributed by atoms with van der Waals surface area (Å²) in [5, 5.41) is 1.20. The second-order valence-corrected chi connectivity index (χ2v) is 12.0. The summed E-state index contributed by atoms with van der Waals surface area (Å²) in [6.07, 6.45) is 9.90. The highest BCUT2D eigenvalue weighted by atomic mass is 28.3. The van der Waals surface area contributed by atoms with Gasteiger partial charge in [0.15, 0.2) is 5.78 Å². The first kappa shape index (κ1) is 11.5. The third-order valence-electron chi connectivity index (χ3n) is 4.17. The molecule has 1 atom stereocenters. The highest BCUT2D eigenvalue weighted by Gasteiger charge is 2.45. The molecule has 0 aromatic carbocycles. The highest BCUT2D eigenvalue weighted by Crippen LogP contribution is 2.48. The normalized spacial score (nSPS) is 32.2. The molecule has 0 aliphatic heterocycles. The molecule has 92 valence electrons. The molecule has 3 rings (SSSR count). The Morgan fingerprint density at radius 3 is 2.29 bits per heavy atom. The van der Waals surface area contributed by atoms with Crippen molar-refractivity contribution < 1.29 is 4.79 Å². The first-order chi connectivity index (χ1) is 7.97. The van der Waals surface area contributed by atoms with Gasteiger partial charge in [-0.3, -0.25) is 4.79 Å². The number of hydrogen-bond acceptors (Lipinski definition) is 1. The molecule has 0 bridgehead atoms. The van der Waals surface area contributed by atoms with Crippen LogP contribution in [-0.4, -0.2) is 13.9 Å². The van der Waals surface area contributed by atoms with Crippen LogP contribution in [0, 0.1) is 17.8 Å². The molecule has 2 heteroatoms. The fraction of sp³-hybridized carbons (Fsp3) is 0.667. The number of carbonyl (C=O) groups is 1. The van der Waals surface area contributed by atoms with E-state index in [1.165, 1.54) is 36.5 Å². The van der Waals surface area contributed by atoms with Crippen LogP contribution in [0.3, 0.4) is 0 Å². The van der Waals surface area contributed by atoms with Gasteiger partial charge < -0.3 is 0 Å². The molecule has 3 aliphatic carbocycles. The lowest BCUT2D eigenvalue weighted by Gasteiger charge is -2.18. The van der Waals surface area contributed by atoms with Gasteiger partial charge in [-0.15, -0.1) is 0 Å². The van der Waals surface area contributed by atoms with E-state index in [9.17, 15) is 4.79 Å². The fourth-order valence-electron chi connectivity index (χ4n) is 2.84. The van der Waals surface area contributed by atoms with Gasteiger partial charge in [-0.1, -0.05) is 31.8 Å². The molecule has 17 heavy (non-hydrogen) atoms. The van der Waals surface area contributed by atoms with Gasteiger partial charge in [-0.25, -0.2) is 0 Å². The zero-order chi connectivity index (χ0) is 12.2. The van der Waals surface area contributed by atoms with Crippen LogP contribution in [0.4, 0.5) is 0 Å². The van der Waals surface area contributed by atoms with E-state index in [1.54, 1.807) is 0 Å². The van der Waals surface area contributed by atoms with Crippen molar-refractivity contribution in [1.82, 2.24) is 0 Å². The van der Waals surface area contributed by atoms with E-state index < -0.39 is 8.07 Å². The van der Waals surface area contributed by atoms with E-state index in [0.29, 0.717) is 11.7 Å². The maximum atomic E-state index is 12.6. The fourth-order valence-corrected chi connectivity index (χ4v) is 4.33.